The highest BCUT2D eigenvalue weighted by Crippen LogP contribution is 2.28. The summed E-state index contributed by atoms with van der Waals surface area (Å²) in [6.45, 7) is 1.91. The summed E-state index contributed by atoms with van der Waals surface area (Å²) in [5, 5.41) is -1.81. The summed E-state index contributed by atoms with van der Waals surface area (Å²) in [7, 11) is 0. The van der Waals surface area contributed by atoms with Crippen molar-refractivity contribution in [1.82, 2.24) is 0 Å². The van der Waals surface area contributed by atoms with Crippen LogP contribution in [0.1, 0.15) is 26.2 Å². The molecule has 0 fully saturated rings. The Kier molecular flexibility index (Phi) is 5.14. The molecular formula is C7H9Cl3O2. The fourth-order valence-electron chi connectivity index (χ4n) is 0.694. The molecule has 0 heterocycles. The van der Waals surface area contributed by atoms with Gasteiger partial charge in [-0.2, -0.15) is 0 Å². The number of hydrogen-bond donors (Lipinski definition) is 0. The van der Waals surface area contributed by atoms with Crippen LogP contribution < -0.4 is 0 Å². The molecule has 0 saturated heterocycles. The van der Waals surface area contributed by atoms with Gasteiger partial charge in [0.15, 0.2) is 4.87 Å². The fourth-order valence-corrected chi connectivity index (χ4v) is 1.24. The zero-order valence-electron chi connectivity index (χ0n) is 6.57. The van der Waals surface area contributed by atoms with Crippen molar-refractivity contribution in [3.05, 3.63) is 0 Å². The highest BCUT2D eigenvalue weighted by Gasteiger charge is 2.41. The second-order valence-electron chi connectivity index (χ2n) is 2.45. The van der Waals surface area contributed by atoms with Gasteiger partial charge in [0.25, 0.3) is 10.5 Å². The van der Waals surface area contributed by atoms with E-state index >= 15 is 0 Å². The van der Waals surface area contributed by atoms with Crippen LogP contribution in [0.25, 0.3) is 0 Å². The van der Waals surface area contributed by atoms with E-state index in [0.717, 1.165) is 6.42 Å². The van der Waals surface area contributed by atoms with Crippen molar-refractivity contribution >= 4 is 45.3 Å². The van der Waals surface area contributed by atoms with E-state index in [9.17, 15) is 9.59 Å². The summed E-state index contributed by atoms with van der Waals surface area (Å²) in [5.41, 5.74) is 0. The van der Waals surface area contributed by atoms with Gasteiger partial charge in [0, 0.05) is 0 Å². The van der Waals surface area contributed by atoms with Gasteiger partial charge in [-0.25, -0.2) is 0 Å². The van der Waals surface area contributed by atoms with Gasteiger partial charge in [0.05, 0.1) is 0 Å². The van der Waals surface area contributed by atoms with Gasteiger partial charge in [-0.15, -0.1) is 0 Å². The molecule has 0 unspecified atom stereocenters. The molecule has 0 aliphatic carbocycles. The Balaban J connectivity index is 4.40. The zero-order chi connectivity index (χ0) is 9.78. The Bertz CT molecular complexity index is 177. The van der Waals surface area contributed by atoms with Gasteiger partial charge in [-0.05, 0) is 29.6 Å². The van der Waals surface area contributed by atoms with Crippen molar-refractivity contribution in [3.63, 3.8) is 0 Å². The van der Waals surface area contributed by atoms with E-state index < -0.39 is 15.4 Å². The minimum Gasteiger partial charge on any atom is -0.279 e. The van der Waals surface area contributed by atoms with Crippen LogP contribution in [0.2, 0.25) is 0 Å². The molecule has 2 nitrogen and oxygen atoms in total. The molecule has 70 valence electrons. The second kappa shape index (κ2) is 5.05. The number of unbranched alkanes of at least 4 members (excludes halogenated alkanes) is 1. The minimum atomic E-state index is -1.72. The summed E-state index contributed by atoms with van der Waals surface area (Å²) in [6, 6.07) is 0. The van der Waals surface area contributed by atoms with Crippen molar-refractivity contribution in [2.45, 2.75) is 31.1 Å². The quantitative estimate of drug-likeness (QED) is 0.414. The maximum atomic E-state index is 10.7. The first-order chi connectivity index (χ1) is 5.45. The Morgan fingerprint density at radius 1 is 1.25 bits per heavy atom. The molecule has 0 aliphatic heterocycles. The van der Waals surface area contributed by atoms with Crippen LogP contribution in [0.4, 0.5) is 0 Å². The van der Waals surface area contributed by atoms with E-state index in [1.54, 1.807) is 0 Å². The molecule has 0 aromatic carbocycles. The van der Waals surface area contributed by atoms with E-state index in [4.69, 9.17) is 34.8 Å². The lowest BCUT2D eigenvalue weighted by Crippen LogP contribution is -2.35. The Hall–Kier alpha value is 0.210. The zero-order valence-corrected chi connectivity index (χ0v) is 8.84. The van der Waals surface area contributed by atoms with Gasteiger partial charge in [0.1, 0.15) is 0 Å². The van der Waals surface area contributed by atoms with Crippen molar-refractivity contribution in [2.24, 2.45) is 0 Å². The molecule has 0 saturated carbocycles. The molecular weight excluding hydrogens is 222 g/mol. The van der Waals surface area contributed by atoms with E-state index in [-0.39, 0.29) is 6.42 Å². The molecule has 0 N–H and O–H groups in total. The first-order valence-electron chi connectivity index (χ1n) is 3.54. The van der Waals surface area contributed by atoms with Crippen LogP contribution in [0.5, 0.6) is 0 Å². The molecule has 0 bridgehead atoms. The number of hydrogen-bond acceptors (Lipinski definition) is 2. The summed E-state index contributed by atoms with van der Waals surface area (Å²) in [5.74, 6) is 0. The molecule has 0 aromatic rings. The minimum absolute atomic E-state index is 0.190. The molecule has 0 aromatic heterocycles. The monoisotopic (exact) mass is 230 g/mol. The van der Waals surface area contributed by atoms with Crippen LogP contribution >= 0.6 is 34.8 Å². The fraction of sp³-hybridized carbons (Fsp3) is 0.714. The number of rotatable bonds is 5. The van der Waals surface area contributed by atoms with Gasteiger partial charge >= 0.3 is 0 Å². The second-order valence-corrected chi connectivity index (χ2v) is 3.78. The Labute approximate surface area is 86.2 Å². The standard InChI is InChI=1S/C7H9Cl3O2/c1-2-3-4-7(10,5(8)11)6(9)12/h2-4H2,1H3. The molecule has 0 rings (SSSR count). The Morgan fingerprint density at radius 3 is 1.92 bits per heavy atom. The number of carbonyl (C=O) groups excluding carboxylic acids is 2. The molecule has 0 atom stereocenters. The molecule has 12 heavy (non-hydrogen) atoms. The topological polar surface area (TPSA) is 34.1 Å². The maximum Gasteiger partial charge on any atom is 0.251 e. The van der Waals surface area contributed by atoms with Crippen LogP contribution in [0, 0.1) is 0 Å². The van der Waals surface area contributed by atoms with E-state index in [1.807, 2.05) is 6.92 Å². The van der Waals surface area contributed by atoms with Crippen molar-refractivity contribution in [1.29, 1.82) is 0 Å². The summed E-state index contributed by atoms with van der Waals surface area (Å²) in [4.78, 5) is 19.8. The smallest absolute Gasteiger partial charge is 0.251 e. The van der Waals surface area contributed by atoms with Gasteiger partial charge in [-0.1, -0.05) is 31.4 Å². The predicted octanol–water partition coefficient (Wildman–Crippen LogP) is 2.69. The van der Waals surface area contributed by atoms with Crippen LogP contribution in [-0.2, 0) is 9.59 Å². The lowest BCUT2D eigenvalue weighted by molar-refractivity contribution is -0.122. The van der Waals surface area contributed by atoms with Crippen molar-refractivity contribution < 1.29 is 9.59 Å². The normalized spacial score (nSPS) is 11.3. The summed E-state index contributed by atoms with van der Waals surface area (Å²) < 4.78 is 0. The molecule has 0 radical (unpaired) electrons. The number of alkyl halides is 1. The van der Waals surface area contributed by atoms with E-state index in [1.165, 1.54) is 0 Å². The first-order valence-corrected chi connectivity index (χ1v) is 4.67. The Morgan fingerprint density at radius 2 is 1.67 bits per heavy atom. The van der Waals surface area contributed by atoms with Crippen LogP contribution in [0.3, 0.4) is 0 Å². The van der Waals surface area contributed by atoms with Crippen LogP contribution in [-0.4, -0.2) is 15.4 Å². The largest absolute Gasteiger partial charge is 0.279 e. The highest BCUT2D eigenvalue weighted by molar-refractivity contribution is 6.83. The number of carbonyl (C=O) groups is 2. The third-order valence-corrected chi connectivity index (χ3v) is 2.87. The molecule has 0 amide bonds. The lowest BCUT2D eigenvalue weighted by atomic mass is 10.0. The van der Waals surface area contributed by atoms with Crippen molar-refractivity contribution in [2.75, 3.05) is 0 Å². The predicted molar refractivity (Wildman–Crippen MR) is 49.8 cm³/mol. The highest BCUT2D eigenvalue weighted by atomic mass is 35.5. The summed E-state index contributed by atoms with van der Waals surface area (Å²) in [6.07, 6.45) is 1.65. The average Bonchev–Trinajstić information content (AvgIpc) is 1.99. The molecule has 5 heteroatoms. The van der Waals surface area contributed by atoms with Gasteiger partial charge in [0.2, 0.25) is 0 Å². The molecule has 0 spiro atoms. The van der Waals surface area contributed by atoms with E-state index in [2.05, 4.69) is 0 Å². The van der Waals surface area contributed by atoms with Gasteiger partial charge in [-0.3, -0.25) is 9.59 Å². The third-order valence-electron chi connectivity index (χ3n) is 1.50. The molecule has 0 aliphatic rings. The SMILES string of the molecule is CCCCC(Cl)(C(=O)Cl)C(=O)Cl. The first kappa shape index (κ1) is 12.2. The van der Waals surface area contributed by atoms with Crippen LogP contribution in [0.15, 0.2) is 0 Å². The van der Waals surface area contributed by atoms with Crippen molar-refractivity contribution in [3.8, 4) is 0 Å². The number of halogens is 3. The average molecular weight is 232 g/mol. The van der Waals surface area contributed by atoms with Gasteiger partial charge < -0.3 is 0 Å². The lowest BCUT2D eigenvalue weighted by Gasteiger charge is -2.16. The maximum absolute atomic E-state index is 10.7. The third kappa shape index (κ3) is 2.92. The summed E-state index contributed by atoms with van der Waals surface area (Å²) >= 11 is 15.9. The van der Waals surface area contributed by atoms with E-state index in [0.29, 0.717) is 6.42 Å².